The largest absolute Gasteiger partial charge is 0.396 e. The lowest BCUT2D eigenvalue weighted by Gasteiger charge is -2.06. The molecule has 9 heavy (non-hydrogen) atoms. The monoisotopic (exact) mass is 129 g/mol. The summed E-state index contributed by atoms with van der Waals surface area (Å²) < 4.78 is 0. The second-order valence-corrected chi connectivity index (χ2v) is 2.95. The average Bonchev–Trinajstić information content (AvgIpc) is 2.50. The second-order valence-electron chi connectivity index (χ2n) is 2.95. The molecule has 0 heterocycles. The first-order chi connectivity index (χ1) is 4.33. The molecule has 1 atom stereocenters. The van der Waals surface area contributed by atoms with Crippen LogP contribution in [0.25, 0.3) is 0 Å². The molecule has 1 rings (SSSR count). The first kappa shape index (κ1) is 7.03. The Bertz CT molecular complexity index is 81.0. The summed E-state index contributed by atoms with van der Waals surface area (Å²) in [5.74, 6) is 0.895. The van der Waals surface area contributed by atoms with Crippen LogP contribution in [0, 0.1) is 5.92 Å². The molecule has 0 radical (unpaired) electrons. The molecule has 0 aromatic rings. The minimum absolute atomic E-state index is 0.244. The highest BCUT2D eigenvalue weighted by molar-refractivity contribution is 4.77. The van der Waals surface area contributed by atoms with E-state index in [1.54, 1.807) is 0 Å². The van der Waals surface area contributed by atoms with Gasteiger partial charge in [-0.1, -0.05) is 12.8 Å². The van der Waals surface area contributed by atoms with Crippen molar-refractivity contribution in [1.82, 2.24) is 0 Å². The van der Waals surface area contributed by atoms with Crippen molar-refractivity contribution >= 4 is 0 Å². The molecule has 0 spiro atoms. The highest BCUT2D eigenvalue weighted by Gasteiger charge is 2.23. The fourth-order valence-corrected chi connectivity index (χ4v) is 1.07. The van der Waals surface area contributed by atoms with Gasteiger partial charge in [0.05, 0.1) is 0 Å². The zero-order chi connectivity index (χ0) is 6.69. The number of aliphatic hydroxyl groups is 1. The fraction of sp³-hybridized carbons (Fsp3) is 1.00. The van der Waals surface area contributed by atoms with Gasteiger partial charge in [-0.25, -0.2) is 0 Å². The van der Waals surface area contributed by atoms with Gasteiger partial charge in [0.2, 0.25) is 0 Å². The summed E-state index contributed by atoms with van der Waals surface area (Å²) in [6.07, 6.45) is 4.62. The lowest BCUT2D eigenvalue weighted by Crippen LogP contribution is -2.21. The number of nitrogens with two attached hydrogens (primary N) is 1. The molecule has 0 saturated heterocycles. The van der Waals surface area contributed by atoms with Crippen molar-refractivity contribution in [2.45, 2.75) is 31.7 Å². The van der Waals surface area contributed by atoms with Gasteiger partial charge >= 0.3 is 0 Å². The molecule has 1 aliphatic rings. The first-order valence-electron chi connectivity index (χ1n) is 3.69. The lowest BCUT2D eigenvalue weighted by molar-refractivity contribution is 0.271. The molecule has 1 unspecified atom stereocenters. The van der Waals surface area contributed by atoms with Crippen molar-refractivity contribution in [3.8, 4) is 0 Å². The molecule has 0 aromatic heterocycles. The molecule has 2 nitrogen and oxygen atoms in total. The van der Waals surface area contributed by atoms with Crippen molar-refractivity contribution < 1.29 is 5.11 Å². The summed E-state index contributed by atoms with van der Waals surface area (Å²) in [4.78, 5) is 0. The first-order valence-corrected chi connectivity index (χ1v) is 3.69. The number of hydrogen-bond donors (Lipinski definition) is 2. The van der Waals surface area contributed by atoms with Crippen molar-refractivity contribution in [3.05, 3.63) is 0 Å². The van der Waals surface area contributed by atoms with Gasteiger partial charge in [-0.3, -0.25) is 0 Å². The molecule has 3 N–H and O–H groups in total. The van der Waals surface area contributed by atoms with E-state index in [2.05, 4.69) is 0 Å². The van der Waals surface area contributed by atoms with Crippen LogP contribution < -0.4 is 5.73 Å². The summed E-state index contributed by atoms with van der Waals surface area (Å²) in [7, 11) is 0. The Morgan fingerprint density at radius 2 is 2.22 bits per heavy atom. The van der Waals surface area contributed by atoms with E-state index in [9.17, 15) is 0 Å². The Kier molecular flexibility index (Phi) is 2.49. The third-order valence-corrected chi connectivity index (χ3v) is 1.83. The topological polar surface area (TPSA) is 46.2 Å². The van der Waals surface area contributed by atoms with Gasteiger partial charge in [-0.15, -0.1) is 0 Å². The average molecular weight is 129 g/mol. The van der Waals surface area contributed by atoms with Gasteiger partial charge in [-0.05, 0) is 18.8 Å². The van der Waals surface area contributed by atoms with Gasteiger partial charge in [0, 0.05) is 12.6 Å². The Morgan fingerprint density at radius 3 is 2.67 bits per heavy atom. The molecule has 1 saturated carbocycles. The zero-order valence-electron chi connectivity index (χ0n) is 5.71. The standard InChI is InChI=1S/C7H15NO/c8-7(3-4-9)5-6-1-2-6/h6-7,9H,1-5,8H2. The summed E-state index contributed by atoms with van der Waals surface area (Å²) in [5.41, 5.74) is 5.67. The van der Waals surface area contributed by atoms with Crippen LogP contribution in [-0.2, 0) is 0 Å². The number of aliphatic hydroxyl groups excluding tert-OH is 1. The van der Waals surface area contributed by atoms with E-state index in [0.29, 0.717) is 0 Å². The highest BCUT2D eigenvalue weighted by atomic mass is 16.3. The molecule has 54 valence electrons. The second kappa shape index (κ2) is 3.18. The van der Waals surface area contributed by atoms with Crippen LogP contribution in [0.5, 0.6) is 0 Å². The molecule has 0 aliphatic heterocycles. The van der Waals surface area contributed by atoms with Gasteiger partial charge in [0.1, 0.15) is 0 Å². The van der Waals surface area contributed by atoms with Crippen molar-refractivity contribution in [2.24, 2.45) is 11.7 Å². The smallest absolute Gasteiger partial charge is 0.0445 e. The molecule has 1 aliphatic carbocycles. The fourth-order valence-electron chi connectivity index (χ4n) is 1.07. The van der Waals surface area contributed by atoms with Gasteiger partial charge < -0.3 is 10.8 Å². The SMILES string of the molecule is NC(CCO)CC1CC1. The highest BCUT2D eigenvalue weighted by Crippen LogP contribution is 2.33. The molecule has 2 heteroatoms. The maximum Gasteiger partial charge on any atom is 0.0445 e. The Labute approximate surface area is 56.1 Å². The van der Waals surface area contributed by atoms with E-state index in [4.69, 9.17) is 10.8 Å². The Hall–Kier alpha value is -0.0800. The van der Waals surface area contributed by atoms with Gasteiger partial charge in [-0.2, -0.15) is 0 Å². The van der Waals surface area contributed by atoms with Crippen LogP contribution in [0.4, 0.5) is 0 Å². The van der Waals surface area contributed by atoms with E-state index < -0.39 is 0 Å². The maximum absolute atomic E-state index is 8.49. The van der Waals surface area contributed by atoms with Gasteiger partial charge in [0.25, 0.3) is 0 Å². The van der Waals surface area contributed by atoms with Crippen molar-refractivity contribution in [2.75, 3.05) is 6.61 Å². The summed E-state index contributed by atoms with van der Waals surface area (Å²) >= 11 is 0. The van der Waals surface area contributed by atoms with Crippen LogP contribution >= 0.6 is 0 Å². The van der Waals surface area contributed by atoms with Crippen LogP contribution in [0.1, 0.15) is 25.7 Å². The maximum atomic E-state index is 8.49. The minimum Gasteiger partial charge on any atom is -0.396 e. The van der Waals surface area contributed by atoms with E-state index in [1.165, 1.54) is 12.8 Å². The third kappa shape index (κ3) is 2.82. The van der Waals surface area contributed by atoms with Gasteiger partial charge in [0.15, 0.2) is 0 Å². The van der Waals surface area contributed by atoms with Crippen molar-refractivity contribution in [1.29, 1.82) is 0 Å². The summed E-state index contributed by atoms with van der Waals surface area (Å²) in [6, 6.07) is 0.252. The van der Waals surface area contributed by atoms with E-state index in [1.807, 2.05) is 0 Å². The number of hydrogen-bond acceptors (Lipinski definition) is 2. The van der Waals surface area contributed by atoms with Crippen LogP contribution in [0.2, 0.25) is 0 Å². The predicted molar refractivity (Wildman–Crippen MR) is 37.0 cm³/mol. The van der Waals surface area contributed by atoms with E-state index in [0.717, 1.165) is 18.8 Å². The molecule has 0 bridgehead atoms. The molecular weight excluding hydrogens is 114 g/mol. The van der Waals surface area contributed by atoms with E-state index in [-0.39, 0.29) is 12.6 Å². The summed E-state index contributed by atoms with van der Waals surface area (Å²) in [6.45, 7) is 0.244. The summed E-state index contributed by atoms with van der Waals surface area (Å²) in [5, 5.41) is 8.49. The quantitative estimate of drug-likeness (QED) is 0.580. The minimum atomic E-state index is 0.244. The van der Waals surface area contributed by atoms with E-state index >= 15 is 0 Å². The van der Waals surface area contributed by atoms with Crippen LogP contribution in [0.3, 0.4) is 0 Å². The van der Waals surface area contributed by atoms with Crippen molar-refractivity contribution in [3.63, 3.8) is 0 Å². The molecular formula is C7H15NO. The van der Waals surface area contributed by atoms with Crippen LogP contribution in [0.15, 0.2) is 0 Å². The molecule has 0 aromatic carbocycles. The zero-order valence-corrected chi connectivity index (χ0v) is 5.71. The third-order valence-electron chi connectivity index (χ3n) is 1.83. The Morgan fingerprint density at radius 1 is 1.56 bits per heavy atom. The molecule has 1 fully saturated rings. The Balaban J connectivity index is 1.95. The number of rotatable bonds is 4. The van der Waals surface area contributed by atoms with Crippen LogP contribution in [-0.4, -0.2) is 17.8 Å². The lowest BCUT2D eigenvalue weighted by atomic mass is 10.1. The normalized spacial score (nSPS) is 22.0. The molecule has 0 amide bonds. The predicted octanol–water partition coefficient (Wildman–Crippen LogP) is 0.496.